The predicted octanol–water partition coefficient (Wildman–Crippen LogP) is 4.31. The van der Waals surface area contributed by atoms with Gasteiger partial charge in [0, 0.05) is 25.2 Å². The predicted molar refractivity (Wildman–Crippen MR) is 113 cm³/mol. The summed E-state index contributed by atoms with van der Waals surface area (Å²) in [6.45, 7) is 5.71. The van der Waals surface area contributed by atoms with E-state index in [9.17, 15) is 4.79 Å². The van der Waals surface area contributed by atoms with Crippen molar-refractivity contribution in [3.05, 3.63) is 72.0 Å². The molecular weight excluding hydrogens is 350 g/mol. The van der Waals surface area contributed by atoms with E-state index in [4.69, 9.17) is 4.42 Å². The van der Waals surface area contributed by atoms with Crippen molar-refractivity contribution >= 4 is 17.3 Å². The zero-order chi connectivity index (χ0) is 19.3. The SMILES string of the molecule is Cc1oc(-c2ccccc2)cc1C(=O)Nc1ccccc1N1CCCNCC1. The molecule has 1 fully saturated rings. The zero-order valence-corrected chi connectivity index (χ0v) is 16.1. The van der Waals surface area contributed by atoms with E-state index in [-0.39, 0.29) is 5.91 Å². The van der Waals surface area contributed by atoms with Crippen molar-refractivity contribution in [3.8, 4) is 11.3 Å². The maximum Gasteiger partial charge on any atom is 0.259 e. The molecule has 0 aliphatic carbocycles. The molecule has 1 aromatic heterocycles. The Morgan fingerprint density at radius 2 is 1.82 bits per heavy atom. The van der Waals surface area contributed by atoms with Crippen LogP contribution < -0.4 is 15.5 Å². The highest BCUT2D eigenvalue weighted by molar-refractivity contribution is 6.07. The lowest BCUT2D eigenvalue weighted by Gasteiger charge is -2.25. The molecule has 0 atom stereocenters. The van der Waals surface area contributed by atoms with E-state index in [2.05, 4.69) is 21.6 Å². The first-order valence-corrected chi connectivity index (χ1v) is 9.74. The van der Waals surface area contributed by atoms with E-state index in [0.717, 1.165) is 49.5 Å². The summed E-state index contributed by atoms with van der Waals surface area (Å²) in [4.78, 5) is 15.3. The Bertz CT molecular complexity index is 941. The van der Waals surface area contributed by atoms with Crippen molar-refractivity contribution < 1.29 is 9.21 Å². The molecule has 28 heavy (non-hydrogen) atoms. The van der Waals surface area contributed by atoms with E-state index >= 15 is 0 Å². The number of nitrogens with zero attached hydrogens (tertiary/aromatic N) is 1. The fraction of sp³-hybridized carbons (Fsp3) is 0.261. The maximum atomic E-state index is 13.0. The molecule has 1 saturated heterocycles. The molecule has 1 aliphatic rings. The van der Waals surface area contributed by atoms with Gasteiger partial charge in [-0.15, -0.1) is 0 Å². The first-order chi connectivity index (χ1) is 13.7. The molecule has 2 heterocycles. The van der Waals surface area contributed by atoms with Crippen molar-refractivity contribution in [2.45, 2.75) is 13.3 Å². The largest absolute Gasteiger partial charge is 0.461 e. The van der Waals surface area contributed by atoms with Gasteiger partial charge in [0.2, 0.25) is 0 Å². The Morgan fingerprint density at radius 1 is 1.04 bits per heavy atom. The number of amides is 1. The Labute approximate surface area is 165 Å². The Kier molecular flexibility index (Phi) is 5.44. The number of benzene rings is 2. The smallest absolute Gasteiger partial charge is 0.259 e. The fourth-order valence-electron chi connectivity index (χ4n) is 3.58. The van der Waals surface area contributed by atoms with E-state index in [0.29, 0.717) is 17.1 Å². The third kappa shape index (κ3) is 3.94. The topological polar surface area (TPSA) is 57.5 Å². The Balaban J connectivity index is 1.57. The number of hydrogen-bond acceptors (Lipinski definition) is 4. The molecule has 3 aromatic rings. The van der Waals surface area contributed by atoms with Crippen LogP contribution in [0, 0.1) is 6.92 Å². The van der Waals surface area contributed by atoms with Crippen LogP contribution in [0.2, 0.25) is 0 Å². The second-order valence-electron chi connectivity index (χ2n) is 7.01. The first-order valence-electron chi connectivity index (χ1n) is 9.74. The van der Waals surface area contributed by atoms with Gasteiger partial charge in [0.25, 0.3) is 5.91 Å². The summed E-state index contributed by atoms with van der Waals surface area (Å²) in [5.41, 5.74) is 3.41. The van der Waals surface area contributed by atoms with E-state index in [1.165, 1.54) is 0 Å². The van der Waals surface area contributed by atoms with Crippen molar-refractivity contribution in [1.82, 2.24) is 5.32 Å². The number of carbonyl (C=O) groups excluding carboxylic acids is 1. The number of rotatable bonds is 4. The molecular formula is C23H25N3O2. The lowest BCUT2D eigenvalue weighted by atomic mass is 10.1. The normalized spacial score (nSPS) is 14.5. The van der Waals surface area contributed by atoms with Gasteiger partial charge in [-0.05, 0) is 38.1 Å². The average Bonchev–Trinajstić information content (AvgIpc) is 2.93. The molecule has 0 unspecified atom stereocenters. The van der Waals surface area contributed by atoms with Gasteiger partial charge >= 0.3 is 0 Å². The molecule has 0 radical (unpaired) electrons. The molecule has 144 valence electrons. The molecule has 4 rings (SSSR count). The molecule has 0 spiro atoms. The third-order valence-electron chi connectivity index (χ3n) is 5.05. The van der Waals surface area contributed by atoms with Crippen LogP contribution in [0.4, 0.5) is 11.4 Å². The van der Waals surface area contributed by atoms with Crippen LogP contribution in [0.15, 0.2) is 65.1 Å². The van der Waals surface area contributed by atoms with Gasteiger partial charge in [-0.25, -0.2) is 0 Å². The highest BCUT2D eigenvalue weighted by Crippen LogP contribution is 2.29. The van der Waals surface area contributed by atoms with E-state index in [1.54, 1.807) is 0 Å². The van der Waals surface area contributed by atoms with Crippen molar-refractivity contribution in [1.29, 1.82) is 0 Å². The monoisotopic (exact) mass is 375 g/mol. The van der Waals surface area contributed by atoms with Gasteiger partial charge in [0.05, 0.1) is 16.9 Å². The highest BCUT2D eigenvalue weighted by atomic mass is 16.3. The summed E-state index contributed by atoms with van der Waals surface area (Å²) >= 11 is 0. The number of hydrogen-bond donors (Lipinski definition) is 2. The zero-order valence-electron chi connectivity index (χ0n) is 16.1. The molecule has 0 saturated carbocycles. The lowest BCUT2D eigenvalue weighted by molar-refractivity contribution is 0.102. The number of anilines is 2. The van der Waals surface area contributed by atoms with Crippen LogP contribution in [0.1, 0.15) is 22.5 Å². The fourth-order valence-corrected chi connectivity index (χ4v) is 3.58. The molecule has 5 heteroatoms. The van der Waals surface area contributed by atoms with Crippen molar-refractivity contribution in [2.24, 2.45) is 0 Å². The Morgan fingerprint density at radius 3 is 2.68 bits per heavy atom. The molecule has 0 bridgehead atoms. The van der Waals surface area contributed by atoms with Crippen LogP contribution in [0.25, 0.3) is 11.3 Å². The van der Waals surface area contributed by atoms with Gasteiger partial charge < -0.3 is 20.0 Å². The van der Waals surface area contributed by atoms with Crippen LogP contribution in [0.5, 0.6) is 0 Å². The van der Waals surface area contributed by atoms with Crippen LogP contribution in [0.3, 0.4) is 0 Å². The molecule has 2 aromatic carbocycles. The summed E-state index contributed by atoms with van der Waals surface area (Å²) in [5, 5.41) is 6.51. The summed E-state index contributed by atoms with van der Waals surface area (Å²) < 4.78 is 5.84. The number of aryl methyl sites for hydroxylation is 1. The molecule has 2 N–H and O–H groups in total. The Hall–Kier alpha value is -3.05. The lowest BCUT2D eigenvalue weighted by Crippen LogP contribution is -2.29. The standard InChI is InChI=1S/C23H25N3O2/c1-17-19(16-22(28-17)18-8-3-2-4-9-18)23(27)25-20-10-5-6-11-21(20)26-14-7-12-24-13-15-26/h2-6,8-11,16,24H,7,12-15H2,1H3,(H,25,27). The average molecular weight is 375 g/mol. The third-order valence-corrected chi connectivity index (χ3v) is 5.05. The number of carbonyl (C=O) groups is 1. The summed E-state index contributed by atoms with van der Waals surface area (Å²) in [6.07, 6.45) is 1.09. The second-order valence-corrected chi connectivity index (χ2v) is 7.01. The van der Waals surface area contributed by atoms with E-state index in [1.807, 2.05) is 61.5 Å². The van der Waals surface area contributed by atoms with E-state index < -0.39 is 0 Å². The maximum absolute atomic E-state index is 13.0. The second kappa shape index (κ2) is 8.31. The summed E-state index contributed by atoms with van der Waals surface area (Å²) in [5.74, 6) is 1.17. The molecule has 1 amide bonds. The van der Waals surface area contributed by atoms with Gasteiger partial charge in [-0.1, -0.05) is 42.5 Å². The summed E-state index contributed by atoms with van der Waals surface area (Å²) in [7, 11) is 0. The minimum Gasteiger partial charge on any atom is -0.461 e. The van der Waals surface area contributed by atoms with Crippen LogP contribution >= 0.6 is 0 Å². The molecule has 1 aliphatic heterocycles. The molecule has 5 nitrogen and oxygen atoms in total. The van der Waals surface area contributed by atoms with Gasteiger partial charge in [-0.2, -0.15) is 0 Å². The van der Waals surface area contributed by atoms with Gasteiger partial charge in [0.1, 0.15) is 11.5 Å². The van der Waals surface area contributed by atoms with Crippen LogP contribution in [-0.2, 0) is 0 Å². The van der Waals surface area contributed by atoms with Crippen LogP contribution in [-0.4, -0.2) is 32.1 Å². The number of nitrogens with one attached hydrogen (secondary N) is 2. The first kappa shape index (κ1) is 18.3. The number of para-hydroxylation sites is 2. The van der Waals surface area contributed by atoms with Gasteiger partial charge in [-0.3, -0.25) is 4.79 Å². The minimum absolute atomic E-state index is 0.149. The quantitative estimate of drug-likeness (QED) is 0.714. The number of furan rings is 1. The highest BCUT2D eigenvalue weighted by Gasteiger charge is 2.19. The van der Waals surface area contributed by atoms with Gasteiger partial charge in [0.15, 0.2) is 0 Å². The summed E-state index contributed by atoms with van der Waals surface area (Å²) in [6, 6.07) is 19.6. The van der Waals surface area contributed by atoms with Crippen molar-refractivity contribution in [2.75, 3.05) is 36.4 Å². The van der Waals surface area contributed by atoms with Crippen molar-refractivity contribution in [3.63, 3.8) is 0 Å². The minimum atomic E-state index is -0.149.